The standard InChI is InChI=1S/C13H10BrClFN3/c14-8-3-4-10(9(16)5-8)17-12-6-11(15)18-13(19-12)7-1-2-7/h3-7H,1-2H2,(H,17,18,19). The molecule has 0 radical (unpaired) electrons. The zero-order chi connectivity index (χ0) is 13.4. The highest BCUT2D eigenvalue weighted by atomic mass is 79.9. The summed E-state index contributed by atoms with van der Waals surface area (Å²) in [6, 6.07) is 6.39. The van der Waals surface area contributed by atoms with Crippen molar-refractivity contribution in [3.8, 4) is 0 Å². The van der Waals surface area contributed by atoms with Crippen molar-refractivity contribution in [2.45, 2.75) is 18.8 Å². The van der Waals surface area contributed by atoms with Gasteiger partial charge in [-0.1, -0.05) is 27.5 Å². The van der Waals surface area contributed by atoms with Gasteiger partial charge in [0.2, 0.25) is 0 Å². The largest absolute Gasteiger partial charge is 0.338 e. The maximum Gasteiger partial charge on any atom is 0.147 e. The van der Waals surface area contributed by atoms with Crippen LogP contribution in [-0.4, -0.2) is 9.97 Å². The first kappa shape index (κ1) is 12.8. The van der Waals surface area contributed by atoms with E-state index >= 15 is 0 Å². The van der Waals surface area contributed by atoms with Crippen molar-refractivity contribution >= 4 is 39.0 Å². The Morgan fingerprint density at radius 3 is 2.74 bits per heavy atom. The Hall–Kier alpha value is -1.20. The monoisotopic (exact) mass is 341 g/mol. The first-order chi connectivity index (χ1) is 9.11. The molecule has 0 aliphatic heterocycles. The summed E-state index contributed by atoms with van der Waals surface area (Å²) < 4.78 is 14.4. The average Bonchev–Trinajstić information content (AvgIpc) is 3.16. The minimum Gasteiger partial charge on any atom is -0.338 e. The third kappa shape index (κ3) is 3.04. The van der Waals surface area contributed by atoms with Crippen LogP contribution in [0.2, 0.25) is 5.15 Å². The molecule has 1 fully saturated rings. The normalized spacial score (nSPS) is 14.5. The molecule has 0 spiro atoms. The molecule has 0 saturated heterocycles. The van der Waals surface area contributed by atoms with Crippen LogP contribution < -0.4 is 5.32 Å². The molecule has 1 aromatic heterocycles. The number of rotatable bonds is 3. The van der Waals surface area contributed by atoms with Crippen molar-refractivity contribution in [2.75, 3.05) is 5.32 Å². The van der Waals surface area contributed by atoms with E-state index in [-0.39, 0.29) is 5.82 Å². The van der Waals surface area contributed by atoms with Crippen LogP contribution in [0.4, 0.5) is 15.9 Å². The lowest BCUT2D eigenvalue weighted by atomic mass is 10.3. The summed E-state index contributed by atoms with van der Waals surface area (Å²) in [4.78, 5) is 8.56. The van der Waals surface area contributed by atoms with E-state index in [9.17, 15) is 4.39 Å². The highest BCUT2D eigenvalue weighted by Crippen LogP contribution is 2.39. The summed E-state index contributed by atoms with van der Waals surface area (Å²) in [6.07, 6.45) is 2.18. The maximum atomic E-state index is 13.7. The summed E-state index contributed by atoms with van der Waals surface area (Å²) in [5.41, 5.74) is 0.361. The van der Waals surface area contributed by atoms with Crippen molar-refractivity contribution < 1.29 is 4.39 Å². The minimum absolute atomic E-state index is 0.350. The molecule has 0 atom stereocenters. The Balaban J connectivity index is 1.89. The van der Waals surface area contributed by atoms with Crippen LogP contribution in [0.25, 0.3) is 0 Å². The molecular weight excluding hydrogens is 333 g/mol. The van der Waals surface area contributed by atoms with E-state index in [2.05, 4.69) is 31.2 Å². The van der Waals surface area contributed by atoms with E-state index in [0.29, 0.717) is 27.0 Å². The Morgan fingerprint density at radius 1 is 1.26 bits per heavy atom. The van der Waals surface area contributed by atoms with Gasteiger partial charge in [0, 0.05) is 16.5 Å². The molecule has 1 heterocycles. The minimum atomic E-state index is -0.350. The van der Waals surface area contributed by atoms with E-state index in [4.69, 9.17) is 11.6 Å². The van der Waals surface area contributed by atoms with Crippen LogP contribution in [0.3, 0.4) is 0 Å². The molecular formula is C13H10BrClFN3. The first-order valence-corrected chi connectivity index (χ1v) is 7.05. The molecule has 1 aromatic carbocycles. The molecule has 1 saturated carbocycles. The third-order valence-corrected chi connectivity index (χ3v) is 3.54. The van der Waals surface area contributed by atoms with Crippen LogP contribution >= 0.6 is 27.5 Å². The van der Waals surface area contributed by atoms with Crippen LogP contribution in [0.1, 0.15) is 24.6 Å². The lowest BCUT2D eigenvalue weighted by Crippen LogP contribution is -2.00. The highest BCUT2D eigenvalue weighted by Gasteiger charge is 2.27. The second-order valence-electron chi connectivity index (χ2n) is 4.46. The number of aromatic nitrogens is 2. The van der Waals surface area contributed by atoms with Gasteiger partial charge in [-0.05, 0) is 31.0 Å². The van der Waals surface area contributed by atoms with E-state index < -0.39 is 0 Å². The molecule has 3 rings (SSSR count). The molecule has 0 unspecified atom stereocenters. The predicted molar refractivity (Wildman–Crippen MR) is 76.4 cm³/mol. The van der Waals surface area contributed by atoms with E-state index in [1.165, 1.54) is 6.07 Å². The number of hydrogen-bond donors (Lipinski definition) is 1. The van der Waals surface area contributed by atoms with E-state index in [1.54, 1.807) is 18.2 Å². The predicted octanol–water partition coefficient (Wildman–Crippen LogP) is 4.65. The van der Waals surface area contributed by atoms with Crippen LogP contribution in [-0.2, 0) is 0 Å². The maximum absolute atomic E-state index is 13.7. The molecule has 2 aromatic rings. The summed E-state index contributed by atoms with van der Waals surface area (Å²) in [5.74, 6) is 1.29. The molecule has 19 heavy (non-hydrogen) atoms. The zero-order valence-electron chi connectivity index (χ0n) is 9.83. The fourth-order valence-electron chi connectivity index (χ4n) is 1.75. The molecule has 6 heteroatoms. The average molecular weight is 343 g/mol. The van der Waals surface area contributed by atoms with Gasteiger partial charge in [0.1, 0.15) is 22.6 Å². The fraction of sp³-hybridized carbons (Fsp3) is 0.231. The number of nitrogens with one attached hydrogen (secondary N) is 1. The van der Waals surface area contributed by atoms with Crippen LogP contribution in [0.15, 0.2) is 28.7 Å². The van der Waals surface area contributed by atoms with Gasteiger partial charge in [-0.2, -0.15) is 0 Å². The highest BCUT2D eigenvalue weighted by molar-refractivity contribution is 9.10. The SMILES string of the molecule is Fc1cc(Br)ccc1Nc1cc(Cl)nc(C2CC2)n1. The quantitative estimate of drug-likeness (QED) is 0.825. The second-order valence-corrected chi connectivity index (χ2v) is 5.76. The summed E-state index contributed by atoms with van der Waals surface area (Å²) in [7, 11) is 0. The lowest BCUT2D eigenvalue weighted by molar-refractivity contribution is 0.631. The Labute approximate surface area is 123 Å². The zero-order valence-corrected chi connectivity index (χ0v) is 12.2. The number of benzene rings is 1. The van der Waals surface area contributed by atoms with Gasteiger partial charge in [0.15, 0.2) is 0 Å². The van der Waals surface area contributed by atoms with Crippen molar-refractivity contribution in [1.82, 2.24) is 9.97 Å². The Morgan fingerprint density at radius 2 is 2.05 bits per heavy atom. The molecule has 3 nitrogen and oxygen atoms in total. The van der Waals surface area contributed by atoms with Gasteiger partial charge in [-0.3, -0.25) is 0 Å². The number of hydrogen-bond acceptors (Lipinski definition) is 3. The van der Waals surface area contributed by atoms with Crippen molar-refractivity contribution in [3.63, 3.8) is 0 Å². The Bertz CT molecular complexity index is 631. The summed E-state index contributed by atoms with van der Waals surface area (Å²) in [6.45, 7) is 0. The lowest BCUT2D eigenvalue weighted by Gasteiger charge is -2.08. The number of nitrogens with zero attached hydrogens (tertiary/aromatic N) is 2. The fourth-order valence-corrected chi connectivity index (χ4v) is 2.28. The van der Waals surface area contributed by atoms with E-state index in [1.807, 2.05) is 0 Å². The number of anilines is 2. The molecule has 1 aliphatic carbocycles. The van der Waals surface area contributed by atoms with Crippen molar-refractivity contribution in [3.05, 3.63) is 45.5 Å². The van der Waals surface area contributed by atoms with E-state index in [0.717, 1.165) is 18.7 Å². The molecule has 1 N–H and O–H groups in total. The van der Waals surface area contributed by atoms with Gasteiger partial charge in [0.05, 0.1) is 5.69 Å². The Kier molecular flexibility index (Phi) is 3.41. The van der Waals surface area contributed by atoms with Crippen LogP contribution in [0, 0.1) is 5.82 Å². The van der Waals surface area contributed by atoms with Gasteiger partial charge < -0.3 is 5.32 Å². The van der Waals surface area contributed by atoms with Crippen molar-refractivity contribution in [1.29, 1.82) is 0 Å². The van der Waals surface area contributed by atoms with Gasteiger partial charge >= 0.3 is 0 Å². The second kappa shape index (κ2) is 5.06. The third-order valence-electron chi connectivity index (χ3n) is 2.85. The van der Waals surface area contributed by atoms with Gasteiger partial charge in [-0.25, -0.2) is 14.4 Å². The molecule has 0 bridgehead atoms. The topological polar surface area (TPSA) is 37.8 Å². The first-order valence-electron chi connectivity index (χ1n) is 5.88. The van der Waals surface area contributed by atoms with Crippen molar-refractivity contribution in [2.24, 2.45) is 0 Å². The summed E-state index contributed by atoms with van der Waals surface area (Å²) >= 11 is 9.18. The smallest absolute Gasteiger partial charge is 0.147 e. The number of halogens is 3. The summed E-state index contributed by atoms with van der Waals surface area (Å²) in [5, 5.41) is 3.30. The van der Waals surface area contributed by atoms with Gasteiger partial charge in [0.25, 0.3) is 0 Å². The molecule has 0 amide bonds. The molecule has 98 valence electrons. The van der Waals surface area contributed by atoms with Gasteiger partial charge in [-0.15, -0.1) is 0 Å². The molecule has 1 aliphatic rings. The van der Waals surface area contributed by atoms with Crippen LogP contribution in [0.5, 0.6) is 0 Å².